The van der Waals surface area contributed by atoms with Crippen LogP contribution in [0.4, 0.5) is 0 Å². The number of epoxide rings is 1. The fourth-order valence-electron chi connectivity index (χ4n) is 2.07. The van der Waals surface area contributed by atoms with E-state index in [4.69, 9.17) is 4.74 Å². The Morgan fingerprint density at radius 3 is 2.47 bits per heavy atom. The van der Waals surface area contributed by atoms with Gasteiger partial charge in [-0.25, -0.2) is 0 Å². The van der Waals surface area contributed by atoms with Crippen molar-refractivity contribution in [3.05, 3.63) is 29.8 Å². The standard InChI is InChI=1S/C15H22OS/c1-3-11-17-13-8-5-12(6-9-13)7-10-15-14(4-2)16-15/h5-6,8-9,14-15H,3-4,7,10-11H2,1-2H3. The van der Waals surface area contributed by atoms with Crippen LogP contribution in [0.15, 0.2) is 29.2 Å². The van der Waals surface area contributed by atoms with E-state index in [-0.39, 0.29) is 0 Å². The van der Waals surface area contributed by atoms with Crippen molar-refractivity contribution in [2.75, 3.05) is 5.75 Å². The van der Waals surface area contributed by atoms with Crippen LogP contribution in [0, 0.1) is 0 Å². The third-order valence-electron chi connectivity index (χ3n) is 3.20. The van der Waals surface area contributed by atoms with Crippen molar-refractivity contribution in [1.29, 1.82) is 0 Å². The average Bonchev–Trinajstić information content (AvgIpc) is 3.14. The molecule has 1 aliphatic rings. The summed E-state index contributed by atoms with van der Waals surface area (Å²) in [6.07, 6.45) is 5.82. The third-order valence-corrected chi connectivity index (χ3v) is 4.42. The molecule has 2 rings (SSSR count). The van der Waals surface area contributed by atoms with E-state index in [1.807, 2.05) is 11.8 Å². The molecule has 0 saturated carbocycles. The first kappa shape index (κ1) is 13.0. The highest BCUT2D eigenvalue weighted by molar-refractivity contribution is 7.99. The molecule has 94 valence electrons. The number of aryl methyl sites for hydroxylation is 1. The van der Waals surface area contributed by atoms with Gasteiger partial charge >= 0.3 is 0 Å². The summed E-state index contributed by atoms with van der Waals surface area (Å²) in [6, 6.07) is 9.03. The highest BCUT2D eigenvalue weighted by Crippen LogP contribution is 2.29. The molecule has 1 nitrogen and oxygen atoms in total. The molecule has 1 heterocycles. The van der Waals surface area contributed by atoms with E-state index >= 15 is 0 Å². The molecule has 2 heteroatoms. The molecule has 1 aromatic carbocycles. The SMILES string of the molecule is CCCSc1ccc(CCC2OC2CC)cc1. The van der Waals surface area contributed by atoms with Gasteiger partial charge in [0.15, 0.2) is 0 Å². The number of hydrogen-bond acceptors (Lipinski definition) is 2. The molecule has 1 saturated heterocycles. The fraction of sp³-hybridized carbons (Fsp3) is 0.600. The lowest BCUT2D eigenvalue weighted by Crippen LogP contribution is -1.95. The lowest BCUT2D eigenvalue weighted by Gasteiger charge is -2.02. The van der Waals surface area contributed by atoms with Crippen LogP contribution in [0.1, 0.15) is 38.7 Å². The molecule has 0 N–H and O–H groups in total. The van der Waals surface area contributed by atoms with Crippen molar-refractivity contribution < 1.29 is 4.74 Å². The van der Waals surface area contributed by atoms with Gasteiger partial charge in [-0.2, -0.15) is 0 Å². The quantitative estimate of drug-likeness (QED) is 0.528. The Bertz CT molecular complexity index is 333. The molecule has 2 unspecified atom stereocenters. The predicted molar refractivity (Wildman–Crippen MR) is 74.7 cm³/mol. The van der Waals surface area contributed by atoms with E-state index in [1.165, 1.54) is 29.1 Å². The van der Waals surface area contributed by atoms with Crippen molar-refractivity contribution in [3.63, 3.8) is 0 Å². The van der Waals surface area contributed by atoms with Crippen LogP contribution in [0.5, 0.6) is 0 Å². The monoisotopic (exact) mass is 250 g/mol. The topological polar surface area (TPSA) is 12.5 Å². The van der Waals surface area contributed by atoms with Gasteiger partial charge in [-0.05, 0) is 49.1 Å². The van der Waals surface area contributed by atoms with Gasteiger partial charge in [-0.15, -0.1) is 11.8 Å². The Hall–Kier alpha value is -0.470. The first-order chi connectivity index (χ1) is 8.33. The zero-order valence-electron chi connectivity index (χ0n) is 10.8. The van der Waals surface area contributed by atoms with Crippen molar-refractivity contribution in [1.82, 2.24) is 0 Å². The van der Waals surface area contributed by atoms with Crippen LogP contribution >= 0.6 is 11.8 Å². The van der Waals surface area contributed by atoms with Crippen LogP contribution in [0.2, 0.25) is 0 Å². The van der Waals surface area contributed by atoms with Crippen molar-refractivity contribution in [2.24, 2.45) is 0 Å². The molecule has 0 spiro atoms. The zero-order valence-corrected chi connectivity index (χ0v) is 11.6. The Labute approximate surface area is 109 Å². The van der Waals surface area contributed by atoms with Crippen molar-refractivity contribution >= 4 is 11.8 Å². The highest BCUT2D eigenvalue weighted by Gasteiger charge is 2.35. The van der Waals surface area contributed by atoms with Gasteiger partial charge in [0.05, 0.1) is 12.2 Å². The molecule has 1 aromatic rings. The molecule has 0 bridgehead atoms. The third kappa shape index (κ3) is 4.04. The maximum absolute atomic E-state index is 5.56. The van der Waals surface area contributed by atoms with Crippen LogP contribution in [0.25, 0.3) is 0 Å². The van der Waals surface area contributed by atoms with Crippen molar-refractivity contribution in [2.45, 2.75) is 56.6 Å². The van der Waals surface area contributed by atoms with Gasteiger partial charge in [0, 0.05) is 4.90 Å². The molecule has 2 atom stereocenters. The van der Waals surface area contributed by atoms with E-state index < -0.39 is 0 Å². The minimum atomic E-state index is 0.536. The molecular weight excluding hydrogens is 228 g/mol. The van der Waals surface area contributed by atoms with Crippen molar-refractivity contribution in [3.8, 4) is 0 Å². The minimum Gasteiger partial charge on any atom is -0.370 e. The second-order valence-corrected chi connectivity index (χ2v) is 5.82. The average molecular weight is 250 g/mol. The molecule has 0 aliphatic carbocycles. The van der Waals surface area contributed by atoms with Gasteiger partial charge in [0.1, 0.15) is 0 Å². The molecular formula is C15H22OS. The number of ether oxygens (including phenoxy) is 1. The van der Waals surface area contributed by atoms with Gasteiger partial charge in [0.25, 0.3) is 0 Å². The summed E-state index contributed by atoms with van der Waals surface area (Å²) in [7, 11) is 0. The Morgan fingerprint density at radius 2 is 1.88 bits per heavy atom. The minimum absolute atomic E-state index is 0.536. The largest absolute Gasteiger partial charge is 0.370 e. The van der Waals surface area contributed by atoms with Crippen LogP contribution in [0.3, 0.4) is 0 Å². The smallest absolute Gasteiger partial charge is 0.0845 e. The van der Waals surface area contributed by atoms with E-state index in [1.54, 1.807) is 0 Å². The Morgan fingerprint density at radius 1 is 1.12 bits per heavy atom. The van der Waals surface area contributed by atoms with Gasteiger partial charge in [0.2, 0.25) is 0 Å². The summed E-state index contributed by atoms with van der Waals surface area (Å²) in [5.41, 5.74) is 1.44. The predicted octanol–water partition coefficient (Wildman–Crippen LogP) is 4.30. The number of benzene rings is 1. The first-order valence-electron chi connectivity index (χ1n) is 6.70. The summed E-state index contributed by atoms with van der Waals surface area (Å²) in [6.45, 7) is 4.42. The van der Waals surface area contributed by atoms with E-state index in [9.17, 15) is 0 Å². The Balaban J connectivity index is 1.74. The maximum Gasteiger partial charge on any atom is 0.0845 e. The summed E-state index contributed by atoms with van der Waals surface area (Å²) in [5, 5.41) is 0. The second-order valence-electron chi connectivity index (χ2n) is 4.65. The number of thioether (sulfide) groups is 1. The molecule has 0 amide bonds. The molecule has 0 radical (unpaired) electrons. The van der Waals surface area contributed by atoms with Crippen LogP contribution in [-0.2, 0) is 11.2 Å². The van der Waals surface area contributed by atoms with Gasteiger partial charge < -0.3 is 4.74 Å². The zero-order chi connectivity index (χ0) is 12.1. The summed E-state index contributed by atoms with van der Waals surface area (Å²) in [5.74, 6) is 1.22. The van der Waals surface area contributed by atoms with E-state index in [0.717, 1.165) is 12.8 Å². The molecule has 1 aliphatic heterocycles. The number of rotatable bonds is 7. The van der Waals surface area contributed by atoms with Crippen LogP contribution < -0.4 is 0 Å². The van der Waals surface area contributed by atoms with Crippen LogP contribution in [-0.4, -0.2) is 18.0 Å². The maximum atomic E-state index is 5.56. The summed E-state index contributed by atoms with van der Waals surface area (Å²) in [4.78, 5) is 1.39. The normalized spacial score (nSPS) is 22.7. The summed E-state index contributed by atoms with van der Waals surface area (Å²) < 4.78 is 5.56. The second kappa shape index (κ2) is 6.46. The molecule has 17 heavy (non-hydrogen) atoms. The fourth-order valence-corrected chi connectivity index (χ4v) is 2.84. The van der Waals surface area contributed by atoms with E-state index in [2.05, 4.69) is 38.1 Å². The highest BCUT2D eigenvalue weighted by atomic mass is 32.2. The Kier molecular flexibility index (Phi) is 4.93. The number of hydrogen-bond donors (Lipinski definition) is 0. The first-order valence-corrected chi connectivity index (χ1v) is 7.69. The van der Waals surface area contributed by atoms with E-state index in [0.29, 0.717) is 12.2 Å². The summed E-state index contributed by atoms with van der Waals surface area (Å²) >= 11 is 1.95. The van der Waals surface area contributed by atoms with Gasteiger partial charge in [-0.1, -0.05) is 26.0 Å². The lowest BCUT2D eigenvalue weighted by atomic mass is 10.1. The molecule has 0 aromatic heterocycles. The molecule has 1 fully saturated rings. The lowest BCUT2D eigenvalue weighted by molar-refractivity contribution is 0.360. The van der Waals surface area contributed by atoms with Gasteiger partial charge in [-0.3, -0.25) is 0 Å².